The first-order chi connectivity index (χ1) is 7.29. The van der Waals surface area contributed by atoms with Gasteiger partial charge in [0.1, 0.15) is 11.4 Å². The molecule has 0 aliphatic rings. The summed E-state index contributed by atoms with van der Waals surface area (Å²) in [5.41, 5.74) is 0.370. The predicted molar refractivity (Wildman–Crippen MR) is 62.4 cm³/mol. The van der Waals surface area contributed by atoms with Gasteiger partial charge in [-0.25, -0.2) is 0 Å². The van der Waals surface area contributed by atoms with Gasteiger partial charge in [0, 0.05) is 0 Å². The molecule has 1 aromatic carbocycles. The second kappa shape index (κ2) is 4.56. The average Bonchev–Trinajstić information content (AvgIpc) is 2.15. The number of carbonyl (C=O) groups excluding carboxylic acids is 1. The van der Waals surface area contributed by atoms with Gasteiger partial charge in [0.25, 0.3) is 0 Å². The standard InChI is InChI=1S/C13H18O3/c1-9(12(15)16-13(2,3)4)10-5-7-11(14)8-6-10/h5-9,14H,1-4H3. The van der Waals surface area contributed by atoms with Crippen LogP contribution in [-0.4, -0.2) is 16.7 Å². The maximum absolute atomic E-state index is 11.8. The van der Waals surface area contributed by atoms with E-state index < -0.39 is 5.60 Å². The van der Waals surface area contributed by atoms with Crippen molar-refractivity contribution >= 4 is 5.97 Å². The molecular weight excluding hydrogens is 204 g/mol. The van der Waals surface area contributed by atoms with Gasteiger partial charge in [-0.1, -0.05) is 12.1 Å². The molecule has 0 aromatic heterocycles. The second-order valence-electron chi connectivity index (χ2n) is 4.85. The molecule has 0 saturated heterocycles. The highest BCUT2D eigenvalue weighted by Crippen LogP contribution is 2.21. The summed E-state index contributed by atoms with van der Waals surface area (Å²) in [5.74, 6) is -0.377. The summed E-state index contributed by atoms with van der Waals surface area (Å²) in [5, 5.41) is 9.15. The SMILES string of the molecule is CC(C(=O)OC(C)(C)C)c1ccc(O)cc1. The van der Waals surface area contributed by atoms with Crippen molar-refractivity contribution in [3.63, 3.8) is 0 Å². The summed E-state index contributed by atoms with van der Waals surface area (Å²) in [6.07, 6.45) is 0. The maximum atomic E-state index is 11.8. The van der Waals surface area contributed by atoms with Crippen molar-refractivity contribution < 1.29 is 14.6 Å². The fourth-order valence-electron chi connectivity index (χ4n) is 1.29. The van der Waals surface area contributed by atoms with Crippen molar-refractivity contribution in [2.24, 2.45) is 0 Å². The number of hydrogen-bond donors (Lipinski definition) is 1. The first-order valence-electron chi connectivity index (χ1n) is 5.31. The van der Waals surface area contributed by atoms with Crippen LogP contribution in [0.5, 0.6) is 5.75 Å². The Morgan fingerprint density at radius 1 is 1.25 bits per heavy atom. The molecule has 3 nitrogen and oxygen atoms in total. The Kier molecular flexibility index (Phi) is 3.58. The Morgan fingerprint density at radius 3 is 2.19 bits per heavy atom. The van der Waals surface area contributed by atoms with Crippen LogP contribution in [-0.2, 0) is 9.53 Å². The summed E-state index contributed by atoms with van der Waals surface area (Å²) < 4.78 is 5.28. The van der Waals surface area contributed by atoms with E-state index >= 15 is 0 Å². The lowest BCUT2D eigenvalue weighted by atomic mass is 10.0. The van der Waals surface area contributed by atoms with E-state index in [2.05, 4.69) is 0 Å². The molecule has 0 spiro atoms. The minimum absolute atomic E-state index is 0.195. The van der Waals surface area contributed by atoms with Gasteiger partial charge in [-0.15, -0.1) is 0 Å². The molecule has 16 heavy (non-hydrogen) atoms. The minimum Gasteiger partial charge on any atom is -0.508 e. The van der Waals surface area contributed by atoms with Crippen LogP contribution in [0, 0.1) is 0 Å². The van der Waals surface area contributed by atoms with E-state index in [4.69, 9.17) is 9.84 Å². The lowest BCUT2D eigenvalue weighted by Crippen LogP contribution is -2.26. The van der Waals surface area contributed by atoms with E-state index in [9.17, 15) is 4.79 Å². The van der Waals surface area contributed by atoms with Gasteiger partial charge < -0.3 is 9.84 Å². The smallest absolute Gasteiger partial charge is 0.313 e. The van der Waals surface area contributed by atoms with Crippen LogP contribution in [0.3, 0.4) is 0 Å². The van der Waals surface area contributed by atoms with Gasteiger partial charge in [0.05, 0.1) is 5.92 Å². The summed E-state index contributed by atoms with van der Waals surface area (Å²) >= 11 is 0. The van der Waals surface area contributed by atoms with Gasteiger partial charge in [-0.3, -0.25) is 4.79 Å². The van der Waals surface area contributed by atoms with Crippen molar-refractivity contribution in [1.29, 1.82) is 0 Å². The summed E-state index contributed by atoms with van der Waals surface area (Å²) in [6, 6.07) is 6.58. The Morgan fingerprint density at radius 2 is 1.75 bits per heavy atom. The third-order valence-corrected chi connectivity index (χ3v) is 2.15. The molecule has 0 bridgehead atoms. The fraction of sp³-hybridized carbons (Fsp3) is 0.462. The van der Waals surface area contributed by atoms with Crippen LogP contribution < -0.4 is 0 Å². The van der Waals surface area contributed by atoms with Crippen LogP contribution in [0.15, 0.2) is 24.3 Å². The Hall–Kier alpha value is -1.51. The van der Waals surface area contributed by atoms with E-state index in [1.54, 1.807) is 31.2 Å². The van der Waals surface area contributed by atoms with Crippen molar-refractivity contribution in [3.05, 3.63) is 29.8 Å². The Labute approximate surface area is 96.1 Å². The molecule has 0 radical (unpaired) electrons. The number of benzene rings is 1. The molecule has 0 heterocycles. The molecule has 0 amide bonds. The first-order valence-corrected chi connectivity index (χ1v) is 5.31. The Bertz CT molecular complexity index is 360. The number of phenols is 1. The van der Waals surface area contributed by atoms with Gasteiger partial charge in [0.2, 0.25) is 0 Å². The minimum atomic E-state index is -0.470. The number of hydrogen-bond acceptors (Lipinski definition) is 3. The van der Waals surface area contributed by atoms with Crippen LogP contribution >= 0.6 is 0 Å². The van der Waals surface area contributed by atoms with Gasteiger partial charge in [-0.05, 0) is 45.4 Å². The van der Waals surface area contributed by atoms with Crippen molar-refractivity contribution in [3.8, 4) is 5.75 Å². The number of ether oxygens (including phenoxy) is 1. The number of esters is 1. The molecule has 1 unspecified atom stereocenters. The van der Waals surface area contributed by atoms with Crippen molar-refractivity contribution in [1.82, 2.24) is 0 Å². The molecule has 1 N–H and O–H groups in total. The van der Waals surface area contributed by atoms with E-state index in [1.165, 1.54) is 0 Å². The van der Waals surface area contributed by atoms with Gasteiger partial charge in [-0.2, -0.15) is 0 Å². The maximum Gasteiger partial charge on any atom is 0.313 e. The van der Waals surface area contributed by atoms with Gasteiger partial charge >= 0.3 is 5.97 Å². The van der Waals surface area contributed by atoms with Crippen molar-refractivity contribution in [2.75, 3.05) is 0 Å². The first kappa shape index (κ1) is 12.6. The number of aromatic hydroxyl groups is 1. The van der Waals surface area contributed by atoms with Crippen LogP contribution in [0.4, 0.5) is 0 Å². The highest BCUT2D eigenvalue weighted by molar-refractivity contribution is 5.78. The lowest BCUT2D eigenvalue weighted by Gasteiger charge is -2.22. The molecule has 0 fully saturated rings. The van der Waals surface area contributed by atoms with E-state index in [-0.39, 0.29) is 17.6 Å². The lowest BCUT2D eigenvalue weighted by molar-refractivity contribution is -0.156. The zero-order chi connectivity index (χ0) is 12.3. The summed E-state index contributed by atoms with van der Waals surface area (Å²) in [4.78, 5) is 11.8. The molecular formula is C13H18O3. The molecule has 3 heteroatoms. The summed E-state index contributed by atoms with van der Waals surface area (Å²) in [7, 11) is 0. The molecule has 0 aliphatic heterocycles. The molecule has 1 aromatic rings. The van der Waals surface area contributed by atoms with Gasteiger partial charge in [0.15, 0.2) is 0 Å². The predicted octanol–water partition coefficient (Wildman–Crippen LogP) is 2.84. The highest BCUT2D eigenvalue weighted by atomic mass is 16.6. The van der Waals surface area contributed by atoms with E-state index in [1.807, 2.05) is 20.8 Å². The third-order valence-electron chi connectivity index (χ3n) is 2.15. The van der Waals surface area contributed by atoms with Crippen LogP contribution in [0.25, 0.3) is 0 Å². The number of rotatable bonds is 2. The Balaban J connectivity index is 2.74. The molecule has 0 saturated carbocycles. The highest BCUT2D eigenvalue weighted by Gasteiger charge is 2.22. The third kappa shape index (κ3) is 3.57. The van der Waals surface area contributed by atoms with Crippen LogP contribution in [0.1, 0.15) is 39.2 Å². The normalized spacial score (nSPS) is 13.2. The fourth-order valence-corrected chi connectivity index (χ4v) is 1.29. The van der Waals surface area contributed by atoms with E-state index in [0.717, 1.165) is 5.56 Å². The van der Waals surface area contributed by atoms with Crippen molar-refractivity contribution in [2.45, 2.75) is 39.2 Å². The molecule has 88 valence electrons. The van der Waals surface area contributed by atoms with E-state index in [0.29, 0.717) is 0 Å². The molecule has 1 rings (SSSR count). The molecule has 0 aliphatic carbocycles. The zero-order valence-electron chi connectivity index (χ0n) is 10.2. The van der Waals surface area contributed by atoms with Crippen LogP contribution in [0.2, 0.25) is 0 Å². The number of carbonyl (C=O) groups is 1. The molecule has 1 atom stereocenters. The summed E-state index contributed by atoms with van der Waals surface area (Å²) in [6.45, 7) is 7.32. The quantitative estimate of drug-likeness (QED) is 0.783. The second-order valence-corrected chi connectivity index (χ2v) is 4.85. The monoisotopic (exact) mass is 222 g/mol. The largest absolute Gasteiger partial charge is 0.508 e. The topological polar surface area (TPSA) is 46.5 Å². The number of phenolic OH excluding ortho intramolecular Hbond substituents is 1. The zero-order valence-corrected chi connectivity index (χ0v) is 10.2. The average molecular weight is 222 g/mol.